The van der Waals surface area contributed by atoms with Crippen molar-refractivity contribution in [3.63, 3.8) is 0 Å². The van der Waals surface area contributed by atoms with E-state index in [0.29, 0.717) is 34.9 Å². The van der Waals surface area contributed by atoms with Crippen LogP contribution in [-0.2, 0) is 0 Å². The molecule has 0 amide bonds. The summed E-state index contributed by atoms with van der Waals surface area (Å²) >= 11 is 0. The largest absolute Gasteiger partial charge is 0.248 e. The number of nitrogens with zero attached hydrogens (tertiary/aromatic N) is 7. The zero-order valence-electron chi connectivity index (χ0n) is 33.3. The van der Waals surface area contributed by atoms with Gasteiger partial charge in [-0.1, -0.05) is 182 Å². The van der Waals surface area contributed by atoms with E-state index in [1.54, 1.807) is 0 Å². The van der Waals surface area contributed by atoms with Crippen molar-refractivity contribution in [2.24, 2.45) is 0 Å². The molecule has 11 aromatic rings. The highest BCUT2D eigenvalue weighted by atomic mass is 15.0. The number of hydrogen-bond acceptors (Lipinski definition) is 7. The average Bonchev–Trinajstić information content (AvgIpc) is 3.37. The SMILES string of the molecule is c1ccc(-c2nc(-c3ccccc3)nc(-c3cc(-c4cc(-c5ccccc5)c5c(ccc6ccccc65)n4)cc(-c4nc(-c5ccccc5)nc(-c5ccccc5)n4)c3)n2)cc1. The van der Waals surface area contributed by atoms with E-state index in [4.69, 9.17) is 34.9 Å². The highest BCUT2D eigenvalue weighted by molar-refractivity contribution is 6.13. The minimum atomic E-state index is 0.511. The summed E-state index contributed by atoms with van der Waals surface area (Å²) in [5.74, 6) is 3.30. The lowest BCUT2D eigenvalue weighted by Gasteiger charge is -2.15. The van der Waals surface area contributed by atoms with Gasteiger partial charge in [0.25, 0.3) is 0 Å². The van der Waals surface area contributed by atoms with E-state index < -0.39 is 0 Å². The normalized spacial score (nSPS) is 11.2. The van der Waals surface area contributed by atoms with Crippen LogP contribution in [0.4, 0.5) is 0 Å². The summed E-state index contributed by atoms with van der Waals surface area (Å²) in [6.45, 7) is 0. The van der Waals surface area contributed by atoms with E-state index in [0.717, 1.165) is 77.4 Å². The van der Waals surface area contributed by atoms with E-state index in [9.17, 15) is 0 Å². The standard InChI is InChI=1S/C55H35N7/c1-6-18-36(19-7-1)46-35-48(56-47-31-30-37-20-16-17-29-45(37)49(46)47)42-32-43(54-59-50(38-21-8-2-9-22-38)57-51(60-54)39-23-10-3-11-24-39)34-44(33-42)55-61-52(40-25-12-4-13-26-40)58-53(62-55)41-27-14-5-15-28-41/h1-35H. The lowest BCUT2D eigenvalue weighted by atomic mass is 9.93. The number of hydrogen-bond donors (Lipinski definition) is 0. The Morgan fingerprint density at radius 1 is 0.242 bits per heavy atom. The Morgan fingerprint density at radius 2 is 0.597 bits per heavy atom. The van der Waals surface area contributed by atoms with Gasteiger partial charge in [-0.15, -0.1) is 0 Å². The van der Waals surface area contributed by atoms with Crippen molar-refractivity contribution < 1.29 is 0 Å². The highest BCUT2D eigenvalue weighted by Gasteiger charge is 2.20. The predicted molar refractivity (Wildman–Crippen MR) is 250 cm³/mol. The molecule has 7 nitrogen and oxygen atoms in total. The van der Waals surface area contributed by atoms with Crippen LogP contribution >= 0.6 is 0 Å². The van der Waals surface area contributed by atoms with Crippen LogP contribution in [-0.4, -0.2) is 34.9 Å². The van der Waals surface area contributed by atoms with Crippen molar-refractivity contribution in [2.75, 3.05) is 0 Å². The van der Waals surface area contributed by atoms with E-state index >= 15 is 0 Å². The molecule has 0 spiro atoms. The molecule has 0 radical (unpaired) electrons. The first-order valence-corrected chi connectivity index (χ1v) is 20.5. The lowest BCUT2D eigenvalue weighted by Crippen LogP contribution is -2.02. The minimum absolute atomic E-state index is 0.511. The molecule has 0 N–H and O–H groups in total. The third kappa shape index (κ3) is 7.14. The van der Waals surface area contributed by atoms with Gasteiger partial charge in [-0.05, 0) is 52.2 Å². The molecule has 8 aromatic carbocycles. The van der Waals surface area contributed by atoms with E-state index in [1.165, 1.54) is 0 Å². The molecule has 11 rings (SSSR count). The highest BCUT2D eigenvalue weighted by Crippen LogP contribution is 2.39. The molecule has 0 atom stereocenters. The minimum Gasteiger partial charge on any atom is -0.248 e. The molecule has 62 heavy (non-hydrogen) atoms. The Balaban J connectivity index is 1.19. The Bertz CT molecular complexity index is 3120. The summed E-state index contributed by atoms with van der Waals surface area (Å²) in [4.78, 5) is 36.0. The molecule has 0 bridgehead atoms. The molecule has 0 aliphatic rings. The molecule has 0 aliphatic heterocycles. The van der Waals surface area contributed by atoms with Crippen molar-refractivity contribution in [1.29, 1.82) is 0 Å². The number of benzene rings is 8. The molecular weight excluding hydrogens is 759 g/mol. The number of pyridine rings is 1. The molecule has 3 heterocycles. The molecule has 0 unspecified atom stereocenters. The van der Waals surface area contributed by atoms with Gasteiger partial charge in [-0.3, -0.25) is 0 Å². The summed E-state index contributed by atoms with van der Waals surface area (Å²) in [6, 6.07) is 71.8. The molecule has 3 aromatic heterocycles. The fourth-order valence-corrected chi connectivity index (χ4v) is 7.91. The van der Waals surface area contributed by atoms with Gasteiger partial charge in [0.05, 0.1) is 11.2 Å². The van der Waals surface area contributed by atoms with Crippen LogP contribution in [0.5, 0.6) is 0 Å². The van der Waals surface area contributed by atoms with Gasteiger partial charge in [0, 0.05) is 44.3 Å². The quantitative estimate of drug-likeness (QED) is 0.141. The molecule has 0 saturated carbocycles. The topological polar surface area (TPSA) is 90.2 Å². The van der Waals surface area contributed by atoms with Crippen molar-refractivity contribution in [2.45, 2.75) is 0 Å². The number of rotatable bonds is 8. The van der Waals surface area contributed by atoms with Crippen molar-refractivity contribution in [3.8, 4) is 90.7 Å². The van der Waals surface area contributed by atoms with Gasteiger partial charge in [0.15, 0.2) is 34.9 Å². The third-order valence-electron chi connectivity index (χ3n) is 10.9. The van der Waals surface area contributed by atoms with Crippen LogP contribution in [0.2, 0.25) is 0 Å². The maximum atomic E-state index is 5.41. The molecule has 7 heteroatoms. The first kappa shape index (κ1) is 36.5. The van der Waals surface area contributed by atoms with Crippen molar-refractivity contribution in [1.82, 2.24) is 34.9 Å². The first-order valence-electron chi connectivity index (χ1n) is 20.5. The van der Waals surface area contributed by atoms with Crippen molar-refractivity contribution >= 4 is 21.7 Å². The Kier molecular flexibility index (Phi) is 9.37. The van der Waals surface area contributed by atoms with Gasteiger partial charge < -0.3 is 0 Å². The van der Waals surface area contributed by atoms with Gasteiger partial charge in [-0.2, -0.15) is 0 Å². The summed E-state index contributed by atoms with van der Waals surface area (Å²) in [5, 5.41) is 3.41. The molecule has 0 fully saturated rings. The maximum absolute atomic E-state index is 5.41. The molecular formula is C55H35N7. The van der Waals surface area contributed by atoms with Crippen LogP contribution in [0.15, 0.2) is 212 Å². The third-order valence-corrected chi connectivity index (χ3v) is 10.9. The first-order chi connectivity index (χ1) is 30.7. The Hall–Kier alpha value is -8.55. The maximum Gasteiger partial charge on any atom is 0.164 e. The zero-order valence-corrected chi connectivity index (χ0v) is 33.3. The van der Waals surface area contributed by atoms with Crippen molar-refractivity contribution in [3.05, 3.63) is 212 Å². The Morgan fingerprint density at radius 3 is 1.03 bits per heavy atom. The van der Waals surface area contributed by atoms with Crippen LogP contribution in [0.25, 0.3) is 112 Å². The van der Waals surface area contributed by atoms with Crippen LogP contribution < -0.4 is 0 Å². The van der Waals surface area contributed by atoms with E-state index in [-0.39, 0.29) is 0 Å². The fourth-order valence-electron chi connectivity index (χ4n) is 7.91. The molecule has 0 aliphatic carbocycles. The van der Waals surface area contributed by atoms with Gasteiger partial charge in [0.2, 0.25) is 0 Å². The average molecular weight is 794 g/mol. The van der Waals surface area contributed by atoms with Crippen LogP contribution in [0, 0.1) is 0 Å². The summed E-state index contributed by atoms with van der Waals surface area (Å²) in [6.07, 6.45) is 0. The lowest BCUT2D eigenvalue weighted by molar-refractivity contribution is 1.07. The molecule has 290 valence electrons. The van der Waals surface area contributed by atoms with Gasteiger partial charge >= 0.3 is 0 Å². The second-order valence-electron chi connectivity index (χ2n) is 15.0. The smallest absolute Gasteiger partial charge is 0.164 e. The Labute approximate surface area is 358 Å². The van der Waals surface area contributed by atoms with Crippen LogP contribution in [0.3, 0.4) is 0 Å². The van der Waals surface area contributed by atoms with Gasteiger partial charge in [0.1, 0.15) is 0 Å². The second kappa shape index (κ2) is 15.9. The van der Waals surface area contributed by atoms with Crippen LogP contribution in [0.1, 0.15) is 0 Å². The van der Waals surface area contributed by atoms with E-state index in [2.05, 4.69) is 84.9 Å². The number of fused-ring (bicyclic) bond motifs is 3. The van der Waals surface area contributed by atoms with Gasteiger partial charge in [-0.25, -0.2) is 34.9 Å². The summed E-state index contributed by atoms with van der Waals surface area (Å²) in [7, 11) is 0. The zero-order chi connectivity index (χ0) is 41.2. The second-order valence-corrected chi connectivity index (χ2v) is 15.0. The summed E-state index contributed by atoms with van der Waals surface area (Å²) in [5.41, 5.74) is 9.80. The summed E-state index contributed by atoms with van der Waals surface area (Å²) < 4.78 is 0. The fraction of sp³-hybridized carbons (Fsp3) is 0. The predicted octanol–water partition coefficient (Wildman–Crippen LogP) is 13.1. The van der Waals surface area contributed by atoms with E-state index in [1.807, 2.05) is 127 Å². The monoisotopic (exact) mass is 793 g/mol. The number of aromatic nitrogens is 7. The molecule has 0 saturated heterocycles.